The quantitative estimate of drug-likeness (QED) is 0.597. The average molecular weight is 408 g/mol. The van der Waals surface area contributed by atoms with Crippen LogP contribution in [0.15, 0.2) is 30.3 Å². The number of hydrogen-bond donors (Lipinski definition) is 1. The van der Waals surface area contributed by atoms with Gasteiger partial charge in [-0.1, -0.05) is 12.1 Å². The van der Waals surface area contributed by atoms with Crippen LogP contribution in [0.1, 0.15) is 44.9 Å². The summed E-state index contributed by atoms with van der Waals surface area (Å²) in [7, 11) is 0. The van der Waals surface area contributed by atoms with Crippen molar-refractivity contribution in [3.05, 3.63) is 52.8 Å². The first-order chi connectivity index (χ1) is 14.4. The number of ether oxygens (including phenoxy) is 1. The lowest BCUT2D eigenvalue weighted by molar-refractivity contribution is 0.0943. The van der Waals surface area contributed by atoms with Gasteiger partial charge in [-0.05, 0) is 50.1 Å². The van der Waals surface area contributed by atoms with E-state index in [4.69, 9.17) is 10.5 Å². The molecular formula is C21H24N6O3. The molecule has 0 spiro atoms. The zero-order valence-electron chi connectivity index (χ0n) is 17.0. The largest absolute Gasteiger partial charge is 0.376 e. The van der Waals surface area contributed by atoms with Crippen molar-refractivity contribution >= 4 is 11.7 Å². The van der Waals surface area contributed by atoms with Crippen molar-refractivity contribution in [2.24, 2.45) is 5.73 Å². The Morgan fingerprint density at radius 3 is 2.67 bits per heavy atom. The summed E-state index contributed by atoms with van der Waals surface area (Å²) in [6, 6.07) is 8.51. The standard InChI is InChI=1S/C21H24N6O3/c1-13-10-18(14(2)26(13)11-17-4-3-9-30-17)19(28)12-27-24-21(23-25-27)16-7-5-15(6-8-16)20(22)29/h5-8,10,17H,3-4,9,11-12H2,1-2H3,(H2,22,29)/t17-/m1/s1. The van der Waals surface area contributed by atoms with Crippen molar-refractivity contribution in [3.63, 3.8) is 0 Å². The number of benzene rings is 1. The van der Waals surface area contributed by atoms with E-state index in [-0.39, 0.29) is 18.4 Å². The van der Waals surface area contributed by atoms with Crippen molar-refractivity contribution < 1.29 is 14.3 Å². The minimum atomic E-state index is -0.499. The van der Waals surface area contributed by atoms with Crippen LogP contribution in [0.2, 0.25) is 0 Å². The number of ketones is 1. The molecule has 3 aromatic rings. The molecule has 1 fully saturated rings. The van der Waals surface area contributed by atoms with E-state index < -0.39 is 5.91 Å². The molecular weight excluding hydrogens is 384 g/mol. The van der Waals surface area contributed by atoms with E-state index in [1.807, 2.05) is 19.9 Å². The van der Waals surface area contributed by atoms with E-state index in [0.717, 1.165) is 37.4 Å². The molecule has 0 saturated carbocycles. The highest BCUT2D eigenvalue weighted by molar-refractivity contribution is 5.97. The van der Waals surface area contributed by atoms with Gasteiger partial charge in [0.1, 0.15) is 6.54 Å². The highest BCUT2D eigenvalue weighted by atomic mass is 16.5. The molecule has 1 saturated heterocycles. The zero-order valence-corrected chi connectivity index (χ0v) is 17.0. The van der Waals surface area contributed by atoms with Crippen LogP contribution in [0, 0.1) is 13.8 Å². The second-order valence-electron chi connectivity index (χ2n) is 7.54. The number of hydrogen-bond acceptors (Lipinski definition) is 6. The first kappa shape index (κ1) is 20.0. The Labute approximate surface area is 173 Å². The summed E-state index contributed by atoms with van der Waals surface area (Å²) in [5.41, 5.74) is 8.97. The summed E-state index contributed by atoms with van der Waals surface area (Å²) >= 11 is 0. The van der Waals surface area contributed by atoms with E-state index in [1.165, 1.54) is 4.80 Å². The second-order valence-corrected chi connectivity index (χ2v) is 7.54. The third-order valence-electron chi connectivity index (χ3n) is 5.45. The molecule has 1 aliphatic heterocycles. The summed E-state index contributed by atoms with van der Waals surface area (Å²) in [5, 5.41) is 12.3. The maximum Gasteiger partial charge on any atom is 0.248 e. The van der Waals surface area contributed by atoms with E-state index in [1.54, 1.807) is 24.3 Å². The Balaban J connectivity index is 1.47. The molecule has 1 aliphatic rings. The summed E-state index contributed by atoms with van der Waals surface area (Å²) in [6.07, 6.45) is 2.34. The zero-order chi connectivity index (χ0) is 21.3. The number of carbonyl (C=O) groups excluding carboxylic acids is 2. The topological polar surface area (TPSA) is 118 Å². The molecule has 2 aromatic heterocycles. The number of primary amides is 1. The molecule has 156 valence electrons. The number of nitrogens with zero attached hydrogens (tertiary/aromatic N) is 5. The molecule has 1 aromatic carbocycles. The molecule has 2 N–H and O–H groups in total. The van der Waals surface area contributed by atoms with Crippen LogP contribution in [-0.2, 0) is 17.8 Å². The number of aryl methyl sites for hydroxylation is 1. The predicted octanol–water partition coefficient (Wildman–Crippen LogP) is 1.92. The van der Waals surface area contributed by atoms with Crippen LogP contribution in [0.5, 0.6) is 0 Å². The highest BCUT2D eigenvalue weighted by Crippen LogP contribution is 2.21. The van der Waals surface area contributed by atoms with Gasteiger partial charge < -0.3 is 15.0 Å². The van der Waals surface area contributed by atoms with Gasteiger partial charge in [-0.2, -0.15) is 4.80 Å². The van der Waals surface area contributed by atoms with Crippen molar-refractivity contribution in [3.8, 4) is 11.4 Å². The number of tetrazole rings is 1. The molecule has 0 aliphatic carbocycles. The molecule has 0 radical (unpaired) electrons. The monoisotopic (exact) mass is 408 g/mol. The number of aromatic nitrogens is 5. The van der Waals surface area contributed by atoms with E-state index in [2.05, 4.69) is 20.0 Å². The fourth-order valence-electron chi connectivity index (χ4n) is 3.78. The molecule has 1 atom stereocenters. The summed E-state index contributed by atoms with van der Waals surface area (Å²) < 4.78 is 7.88. The van der Waals surface area contributed by atoms with Gasteiger partial charge in [0.15, 0.2) is 5.78 Å². The normalized spacial score (nSPS) is 16.1. The maximum atomic E-state index is 12.9. The second kappa shape index (κ2) is 8.19. The molecule has 0 bridgehead atoms. The van der Waals surface area contributed by atoms with Crippen LogP contribution in [-0.4, -0.2) is 49.2 Å². The van der Waals surface area contributed by atoms with Gasteiger partial charge in [-0.25, -0.2) is 0 Å². The summed E-state index contributed by atoms with van der Waals surface area (Å²) in [5.74, 6) is -0.196. The lowest BCUT2D eigenvalue weighted by Crippen LogP contribution is -2.18. The van der Waals surface area contributed by atoms with Crippen LogP contribution in [0.4, 0.5) is 0 Å². The SMILES string of the molecule is Cc1cc(C(=O)Cn2nnc(-c3ccc(C(N)=O)cc3)n2)c(C)n1C[C@H]1CCCO1. The van der Waals surface area contributed by atoms with Gasteiger partial charge in [-0.3, -0.25) is 9.59 Å². The molecule has 3 heterocycles. The highest BCUT2D eigenvalue weighted by Gasteiger charge is 2.21. The molecule has 1 amide bonds. The van der Waals surface area contributed by atoms with Crippen LogP contribution in [0.25, 0.3) is 11.4 Å². The Morgan fingerprint density at radius 2 is 2.00 bits per heavy atom. The molecule has 30 heavy (non-hydrogen) atoms. The maximum absolute atomic E-state index is 12.9. The molecule has 9 nitrogen and oxygen atoms in total. The number of amides is 1. The first-order valence-electron chi connectivity index (χ1n) is 9.92. The lowest BCUT2D eigenvalue weighted by atomic mass is 10.1. The van der Waals surface area contributed by atoms with Gasteiger partial charge in [0.2, 0.25) is 11.7 Å². The number of carbonyl (C=O) groups is 2. The van der Waals surface area contributed by atoms with E-state index in [9.17, 15) is 9.59 Å². The summed E-state index contributed by atoms with van der Waals surface area (Å²) in [4.78, 5) is 25.3. The fraction of sp³-hybridized carbons (Fsp3) is 0.381. The smallest absolute Gasteiger partial charge is 0.248 e. The number of rotatable bonds is 7. The van der Waals surface area contributed by atoms with Crippen molar-refractivity contribution in [2.75, 3.05) is 6.61 Å². The minimum absolute atomic E-state index is 0.00338. The summed E-state index contributed by atoms with van der Waals surface area (Å²) in [6.45, 7) is 5.52. The third kappa shape index (κ3) is 4.02. The molecule has 4 rings (SSSR count). The Hall–Kier alpha value is -3.33. The van der Waals surface area contributed by atoms with Crippen LogP contribution < -0.4 is 5.73 Å². The van der Waals surface area contributed by atoms with Gasteiger partial charge in [-0.15, -0.1) is 10.2 Å². The lowest BCUT2D eigenvalue weighted by Gasteiger charge is -2.14. The van der Waals surface area contributed by atoms with Gasteiger partial charge >= 0.3 is 0 Å². The van der Waals surface area contributed by atoms with Crippen molar-refractivity contribution in [1.82, 2.24) is 24.8 Å². The Morgan fingerprint density at radius 1 is 1.23 bits per heavy atom. The van der Waals surface area contributed by atoms with Crippen molar-refractivity contribution in [1.29, 1.82) is 0 Å². The Kier molecular flexibility index (Phi) is 5.45. The average Bonchev–Trinajstić information content (AvgIpc) is 3.46. The fourth-order valence-corrected chi connectivity index (χ4v) is 3.78. The van der Waals surface area contributed by atoms with E-state index >= 15 is 0 Å². The predicted molar refractivity (Wildman–Crippen MR) is 109 cm³/mol. The number of nitrogens with two attached hydrogens (primary N) is 1. The third-order valence-corrected chi connectivity index (χ3v) is 5.45. The van der Waals surface area contributed by atoms with Gasteiger partial charge in [0, 0.05) is 41.2 Å². The van der Waals surface area contributed by atoms with Crippen LogP contribution in [0.3, 0.4) is 0 Å². The molecule has 9 heteroatoms. The van der Waals surface area contributed by atoms with Crippen molar-refractivity contribution in [2.45, 2.75) is 45.9 Å². The molecule has 0 unspecified atom stereocenters. The van der Waals surface area contributed by atoms with Crippen LogP contribution >= 0.6 is 0 Å². The minimum Gasteiger partial charge on any atom is -0.376 e. The first-order valence-corrected chi connectivity index (χ1v) is 9.92. The van der Waals surface area contributed by atoms with Gasteiger partial charge in [0.05, 0.1) is 6.10 Å². The van der Waals surface area contributed by atoms with E-state index in [0.29, 0.717) is 22.5 Å². The number of Topliss-reactive ketones (excluding diaryl/α,β-unsaturated/α-hetero) is 1. The van der Waals surface area contributed by atoms with Gasteiger partial charge in [0.25, 0.3) is 0 Å². The Bertz CT molecular complexity index is 1080.